The Morgan fingerprint density at radius 1 is 1.11 bits per heavy atom. The van der Waals surface area contributed by atoms with Crippen LogP contribution >= 0.6 is 0 Å². The number of fused-ring (bicyclic) bond motifs is 3. The maximum Gasteiger partial charge on any atom is 0.140 e. The van der Waals surface area contributed by atoms with Crippen molar-refractivity contribution >= 4 is 16.5 Å². The summed E-state index contributed by atoms with van der Waals surface area (Å²) in [6, 6.07) is 12.5. The normalized spacial score (nSPS) is 20.3. The highest BCUT2D eigenvalue weighted by Crippen LogP contribution is 2.45. The van der Waals surface area contributed by atoms with Crippen molar-refractivity contribution in [3.05, 3.63) is 58.7 Å². The van der Waals surface area contributed by atoms with Crippen LogP contribution in [-0.2, 0) is 23.6 Å². The second-order valence-electron chi connectivity index (χ2n) is 8.70. The Hall–Kier alpha value is -1.94. The van der Waals surface area contributed by atoms with Crippen LogP contribution < -0.4 is 4.74 Å². The van der Waals surface area contributed by atoms with Gasteiger partial charge in [0.2, 0.25) is 0 Å². The summed E-state index contributed by atoms with van der Waals surface area (Å²) in [6.07, 6.45) is 1.66. The number of hydrogen-bond donors (Lipinski definition) is 0. The Balaban J connectivity index is 2.01. The summed E-state index contributed by atoms with van der Waals surface area (Å²) < 4.78 is 19.1. The van der Waals surface area contributed by atoms with Crippen molar-refractivity contribution < 1.29 is 8.95 Å². The molecule has 0 saturated heterocycles. The standard InChI is InChI=1S/C23H27NO2S/c1-6-27(25)18-12-16-13-22(2,3)24-20(15-10-8-7-9-11-15)19(16)17-14-23(4,5)26-21(17)18/h7-12H,6,13-14H2,1-5H3. The fourth-order valence-corrected chi connectivity index (χ4v) is 5.16. The third-order valence-corrected chi connectivity index (χ3v) is 6.55. The first kappa shape index (κ1) is 18.4. The fourth-order valence-electron chi connectivity index (χ4n) is 4.20. The van der Waals surface area contributed by atoms with Crippen molar-refractivity contribution in [3.63, 3.8) is 0 Å². The minimum atomic E-state index is -1.05. The molecule has 3 nitrogen and oxygen atoms in total. The van der Waals surface area contributed by atoms with Gasteiger partial charge in [-0.1, -0.05) is 37.3 Å². The highest BCUT2D eigenvalue weighted by Gasteiger charge is 2.39. The van der Waals surface area contributed by atoms with E-state index in [1.165, 1.54) is 16.7 Å². The van der Waals surface area contributed by atoms with E-state index in [0.29, 0.717) is 5.75 Å². The number of ether oxygens (including phenoxy) is 1. The average Bonchev–Trinajstić information content (AvgIpc) is 2.94. The van der Waals surface area contributed by atoms with Crippen LogP contribution in [0.15, 0.2) is 46.3 Å². The molecule has 2 heterocycles. The van der Waals surface area contributed by atoms with Gasteiger partial charge in [-0.2, -0.15) is 0 Å². The first-order chi connectivity index (χ1) is 12.7. The molecule has 142 valence electrons. The van der Waals surface area contributed by atoms with Gasteiger partial charge in [-0.25, -0.2) is 0 Å². The second kappa shape index (κ2) is 6.30. The molecule has 0 spiro atoms. The molecule has 27 heavy (non-hydrogen) atoms. The molecule has 0 bridgehead atoms. The number of rotatable bonds is 3. The highest BCUT2D eigenvalue weighted by atomic mass is 32.2. The zero-order chi connectivity index (χ0) is 19.4. The molecule has 2 aliphatic rings. The van der Waals surface area contributed by atoms with E-state index < -0.39 is 10.8 Å². The van der Waals surface area contributed by atoms with Crippen LogP contribution in [0, 0.1) is 0 Å². The molecule has 4 rings (SSSR count). The summed E-state index contributed by atoms with van der Waals surface area (Å²) in [6.45, 7) is 10.5. The van der Waals surface area contributed by atoms with Gasteiger partial charge in [-0.15, -0.1) is 0 Å². The molecule has 1 unspecified atom stereocenters. The van der Waals surface area contributed by atoms with E-state index in [9.17, 15) is 4.21 Å². The Bertz CT molecular complexity index is 958. The summed E-state index contributed by atoms with van der Waals surface area (Å²) in [5, 5.41) is 0. The van der Waals surface area contributed by atoms with E-state index in [2.05, 4.69) is 58.0 Å². The molecular weight excluding hydrogens is 354 g/mol. The SMILES string of the molecule is CCS(=O)c1cc2c(c3c1OC(C)(C)C3)C(c1ccccc1)=NC(C)(C)C2. The Kier molecular flexibility index (Phi) is 4.30. The van der Waals surface area contributed by atoms with Crippen LogP contribution in [0.2, 0.25) is 0 Å². The lowest BCUT2D eigenvalue weighted by Gasteiger charge is -2.31. The summed E-state index contributed by atoms with van der Waals surface area (Å²) >= 11 is 0. The minimum absolute atomic E-state index is 0.188. The van der Waals surface area contributed by atoms with Crippen molar-refractivity contribution in [2.45, 2.75) is 63.5 Å². The number of benzene rings is 2. The van der Waals surface area contributed by atoms with Gasteiger partial charge < -0.3 is 4.74 Å². The van der Waals surface area contributed by atoms with E-state index in [-0.39, 0.29) is 11.1 Å². The van der Waals surface area contributed by atoms with Gasteiger partial charge in [-0.05, 0) is 45.7 Å². The van der Waals surface area contributed by atoms with E-state index in [1.54, 1.807) is 0 Å². The van der Waals surface area contributed by atoms with Gasteiger partial charge in [-0.3, -0.25) is 9.20 Å². The van der Waals surface area contributed by atoms with Gasteiger partial charge in [0.25, 0.3) is 0 Å². The lowest BCUT2D eigenvalue weighted by atomic mass is 9.81. The van der Waals surface area contributed by atoms with Crippen LogP contribution in [-0.4, -0.2) is 26.8 Å². The van der Waals surface area contributed by atoms with Crippen molar-refractivity contribution in [2.24, 2.45) is 4.99 Å². The zero-order valence-corrected chi connectivity index (χ0v) is 17.6. The Morgan fingerprint density at radius 3 is 2.48 bits per heavy atom. The van der Waals surface area contributed by atoms with Crippen molar-refractivity contribution in [2.75, 3.05) is 5.75 Å². The number of nitrogens with zero attached hydrogens (tertiary/aromatic N) is 1. The second-order valence-corrected chi connectivity index (χ2v) is 10.4. The smallest absolute Gasteiger partial charge is 0.140 e. The van der Waals surface area contributed by atoms with E-state index in [0.717, 1.165) is 34.8 Å². The summed E-state index contributed by atoms with van der Waals surface area (Å²) in [4.78, 5) is 5.98. The van der Waals surface area contributed by atoms with E-state index >= 15 is 0 Å². The first-order valence-corrected chi connectivity index (χ1v) is 10.9. The molecular formula is C23H27NO2S. The molecule has 2 aliphatic heterocycles. The lowest BCUT2D eigenvalue weighted by Crippen LogP contribution is -2.30. The number of aliphatic imine (C=N–C) groups is 1. The van der Waals surface area contributed by atoms with Gasteiger partial charge in [0.1, 0.15) is 11.4 Å². The van der Waals surface area contributed by atoms with E-state index in [1.807, 2.05) is 13.0 Å². The largest absolute Gasteiger partial charge is 0.486 e. The fraction of sp³-hybridized carbons (Fsp3) is 0.435. The highest BCUT2D eigenvalue weighted by molar-refractivity contribution is 7.85. The molecule has 0 radical (unpaired) electrons. The molecule has 0 aromatic heterocycles. The zero-order valence-electron chi connectivity index (χ0n) is 16.8. The van der Waals surface area contributed by atoms with Gasteiger partial charge >= 0.3 is 0 Å². The van der Waals surface area contributed by atoms with Crippen molar-refractivity contribution in [1.82, 2.24) is 0 Å². The quantitative estimate of drug-likeness (QED) is 0.773. The van der Waals surface area contributed by atoms with Crippen LogP contribution in [0.1, 0.15) is 56.9 Å². The third-order valence-electron chi connectivity index (χ3n) is 5.24. The van der Waals surface area contributed by atoms with Crippen LogP contribution in [0.5, 0.6) is 5.75 Å². The maximum atomic E-state index is 12.8. The first-order valence-electron chi connectivity index (χ1n) is 9.62. The summed E-state index contributed by atoms with van der Waals surface area (Å²) in [7, 11) is -1.05. The molecule has 0 fully saturated rings. The van der Waals surface area contributed by atoms with Crippen molar-refractivity contribution in [3.8, 4) is 5.75 Å². The third kappa shape index (κ3) is 3.25. The molecule has 4 heteroatoms. The topological polar surface area (TPSA) is 38.7 Å². The summed E-state index contributed by atoms with van der Waals surface area (Å²) in [5.41, 5.74) is 5.29. The summed E-state index contributed by atoms with van der Waals surface area (Å²) in [5.74, 6) is 1.42. The van der Waals surface area contributed by atoms with E-state index in [4.69, 9.17) is 9.73 Å². The van der Waals surface area contributed by atoms with Crippen molar-refractivity contribution in [1.29, 1.82) is 0 Å². The molecule has 0 N–H and O–H groups in total. The molecule has 2 aromatic rings. The Morgan fingerprint density at radius 2 is 1.81 bits per heavy atom. The predicted octanol–water partition coefficient (Wildman–Crippen LogP) is 4.70. The molecule has 0 saturated carbocycles. The molecule has 1 atom stereocenters. The average molecular weight is 382 g/mol. The predicted molar refractivity (Wildman–Crippen MR) is 112 cm³/mol. The Labute approximate surface area is 164 Å². The maximum absolute atomic E-state index is 12.8. The van der Waals surface area contributed by atoms with Gasteiger partial charge in [0.05, 0.1) is 26.9 Å². The van der Waals surface area contributed by atoms with Crippen LogP contribution in [0.4, 0.5) is 0 Å². The van der Waals surface area contributed by atoms with Crippen LogP contribution in [0.3, 0.4) is 0 Å². The lowest BCUT2D eigenvalue weighted by molar-refractivity contribution is 0.135. The van der Waals surface area contributed by atoms with Gasteiger partial charge in [0.15, 0.2) is 0 Å². The monoisotopic (exact) mass is 381 g/mol. The van der Waals surface area contributed by atoms with Crippen LogP contribution in [0.25, 0.3) is 0 Å². The molecule has 0 amide bonds. The van der Waals surface area contributed by atoms with Gasteiger partial charge in [0, 0.05) is 28.9 Å². The minimum Gasteiger partial charge on any atom is -0.486 e. The molecule has 0 aliphatic carbocycles. The number of hydrogen-bond acceptors (Lipinski definition) is 3. The molecule has 2 aromatic carbocycles.